The quantitative estimate of drug-likeness (QED) is 0.416. The Morgan fingerprint density at radius 3 is 2.11 bits per heavy atom. The first-order valence-electron chi connectivity index (χ1n) is 6.14. The molecule has 2 rings (SSSR count). The van der Waals surface area contributed by atoms with Gasteiger partial charge in [0.2, 0.25) is 0 Å². The SMILES string of the molecule is CC#Cc1c(N)c(N)c(C)c2c1NC(C)C(C)N2. The zero-order chi connectivity index (χ0) is 13.4. The third-order valence-corrected chi connectivity index (χ3v) is 3.58. The fourth-order valence-electron chi connectivity index (χ4n) is 2.20. The number of fused-ring (bicyclic) bond motifs is 1. The molecule has 0 saturated carbocycles. The number of hydrogen-bond acceptors (Lipinski definition) is 4. The summed E-state index contributed by atoms with van der Waals surface area (Å²) < 4.78 is 0. The van der Waals surface area contributed by atoms with Crippen molar-refractivity contribution < 1.29 is 0 Å². The van der Waals surface area contributed by atoms with Gasteiger partial charge in [-0.3, -0.25) is 0 Å². The molecule has 4 nitrogen and oxygen atoms in total. The zero-order valence-electron chi connectivity index (χ0n) is 11.3. The van der Waals surface area contributed by atoms with Gasteiger partial charge in [0, 0.05) is 12.1 Å². The first kappa shape index (κ1) is 12.4. The third kappa shape index (κ3) is 1.72. The minimum absolute atomic E-state index is 0.317. The van der Waals surface area contributed by atoms with Crippen molar-refractivity contribution in [3.63, 3.8) is 0 Å². The number of nitrogens with one attached hydrogen (secondary N) is 2. The highest BCUT2D eigenvalue weighted by molar-refractivity contribution is 5.93. The molecule has 6 N–H and O–H groups in total. The normalized spacial score (nSPS) is 21.1. The lowest BCUT2D eigenvalue weighted by atomic mass is 9.97. The summed E-state index contributed by atoms with van der Waals surface area (Å²) in [5.74, 6) is 5.94. The highest BCUT2D eigenvalue weighted by atomic mass is 15.1. The second-order valence-electron chi connectivity index (χ2n) is 4.82. The van der Waals surface area contributed by atoms with Gasteiger partial charge >= 0.3 is 0 Å². The summed E-state index contributed by atoms with van der Waals surface area (Å²) in [6.07, 6.45) is 0. The molecule has 96 valence electrons. The maximum atomic E-state index is 6.08. The van der Waals surface area contributed by atoms with E-state index in [-0.39, 0.29) is 0 Å². The minimum Gasteiger partial charge on any atom is -0.397 e. The van der Waals surface area contributed by atoms with Crippen LogP contribution >= 0.6 is 0 Å². The van der Waals surface area contributed by atoms with Gasteiger partial charge in [-0.25, -0.2) is 0 Å². The average molecular weight is 244 g/mol. The molecule has 2 atom stereocenters. The number of nitrogen functional groups attached to an aromatic ring is 2. The minimum atomic E-state index is 0.317. The van der Waals surface area contributed by atoms with Gasteiger partial charge in [-0.15, -0.1) is 5.92 Å². The van der Waals surface area contributed by atoms with Crippen molar-refractivity contribution in [1.82, 2.24) is 0 Å². The second-order valence-corrected chi connectivity index (χ2v) is 4.82. The van der Waals surface area contributed by atoms with Crippen LogP contribution in [-0.2, 0) is 0 Å². The summed E-state index contributed by atoms with van der Waals surface area (Å²) in [5.41, 5.74) is 17.1. The van der Waals surface area contributed by atoms with E-state index in [1.165, 1.54) is 0 Å². The van der Waals surface area contributed by atoms with Crippen molar-refractivity contribution in [2.24, 2.45) is 0 Å². The fraction of sp³-hybridized carbons (Fsp3) is 0.429. The van der Waals surface area contributed by atoms with Crippen molar-refractivity contribution in [3.05, 3.63) is 11.1 Å². The van der Waals surface area contributed by atoms with Crippen LogP contribution in [0.1, 0.15) is 31.9 Å². The van der Waals surface area contributed by atoms with Crippen molar-refractivity contribution in [2.45, 2.75) is 39.8 Å². The lowest BCUT2D eigenvalue weighted by Gasteiger charge is -2.34. The molecule has 1 aliphatic rings. The lowest BCUT2D eigenvalue weighted by Crippen LogP contribution is -2.39. The van der Waals surface area contributed by atoms with E-state index in [0.717, 1.165) is 22.5 Å². The molecule has 0 aliphatic carbocycles. The van der Waals surface area contributed by atoms with Crippen LogP contribution < -0.4 is 22.1 Å². The van der Waals surface area contributed by atoms with Crippen LogP contribution in [-0.4, -0.2) is 12.1 Å². The van der Waals surface area contributed by atoms with E-state index in [4.69, 9.17) is 11.5 Å². The number of nitrogens with two attached hydrogens (primary N) is 2. The first-order chi connectivity index (χ1) is 8.47. The molecule has 4 heteroatoms. The van der Waals surface area contributed by atoms with E-state index >= 15 is 0 Å². The Bertz CT molecular complexity index is 551. The predicted molar refractivity (Wildman–Crippen MR) is 78.7 cm³/mol. The van der Waals surface area contributed by atoms with Crippen LogP contribution in [0.4, 0.5) is 22.7 Å². The van der Waals surface area contributed by atoms with Crippen LogP contribution in [0.25, 0.3) is 0 Å². The standard InChI is InChI=1S/C14H20N4/c1-5-6-10-12(16)11(15)7(2)13-14(10)18-9(4)8(3)17-13/h8-9,17-18H,15-16H2,1-4H3. The molecule has 1 aromatic carbocycles. The van der Waals surface area contributed by atoms with E-state index in [1.54, 1.807) is 6.92 Å². The van der Waals surface area contributed by atoms with E-state index in [9.17, 15) is 0 Å². The van der Waals surface area contributed by atoms with E-state index in [2.05, 4.69) is 36.3 Å². The molecular formula is C14H20N4. The zero-order valence-corrected chi connectivity index (χ0v) is 11.3. The monoisotopic (exact) mass is 244 g/mol. The Balaban J connectivity index is 2.72. The van der Waals surface area contributed by atoms with E-state index in [1.807, 2.05) is 6.92 Å². The fourth-order valence-corrected chi connectivity index (χ4v) is 2.20. The van der Waals surface area contributed by atoms with Gasteiger partial charge in [0.15, 0.2) is 0 Å². The number of benzene rings is 1. The summed E-state index contributed by atoms with van der Waals surface area (Å²) in [7, 11) is 0. The van der Waals surface area contributed by atoms with Crippen molar-refractivity contribution in [2.75, 3.05) is 22.1 Å². The Morgan fingerprint density at radius 1 is 1.00 bits per heavy atom. The van der Waals surface area contributed by atoms with Crippen LogP contribution in [0.3, 0.4) is 0 Å². The van der Waals surface area contributed by atoms with Crippen LogP contribution in [0.15, 0.2) is 0 Å². The van der Waals surface area contributed by atoms with Gasteiger partial charge in [-0.2, -0.15) is 0 Å². The van der Waals surface area contributed by atoms with E-state index in [0.29, 0.717) is 23.5 Å². The van der Waals surface area contributed by atoms with Crippen LogP contribution in [0.5, 0.6) is 0 Å². The summed E-state index contributed by atoms with van der Waals surface area (Å²) >= 11 is 0. The molecule has 0 aromatic heterocycles. The van der Waals surface area contributed by atoms with Crippen LogP contribution in [0, 0.1) is 18.8 Å². The Labute approximate surface area is 108 Å². The number of hydrogen-bond donors (Lipinski definition) is 4. The first-order valence-corrected chi connectivity index (χ1v) is 6.14. The van der Waals surface area contributed by atoms with E-state index < -0.39 is 0 Å². The number of rotatable bonds is 0. The molecule has 0 spiro atoms. The molecule has 0 bridgehead atoms. The summed E-state index contributed by atoms with van der Waals surface area (Å²) in [4.78, 5) is 0. The number of anilines is 4. The maximum Gasteiger partial charge on any atom is 0.0763 e. The van der Waals surface area contributed by atoms with Gasteiger partial charge in [0.05, 0.1) is 28.3 Å². The summed E-state index contributed by atoms with van der Waals surface area (Å²) in [5, 5.41) is 6.95. The average Bonchev–Trinajstić information content (AvgIpc) is 2.35. The summed E-state index contributed by atoms with van der Waals surface area (Å²) in [6.45, 7) is 8.04. The summed E-state index contributed by atoms with van der Waals surface area (Å²) in [6, 6.07) is 0.652. The third-order valence-electron chi connectivity index (χ3n) is 3.58. The van der Waals surface area contributed by atoms with Crippen molar-refractivity contribution in [1.29, 1.82) is 0 Å². The van der Waals surface area contributed by atoms with Crippen molar-refractivity contribution >= 4 is 22.7 Å². The van der Waals surface area contributed by atoms with Gasteiger partial charge in [0.1, 0.15) is 0 Å². The van der Waals surface area contributed by atoms with Gasteiger partial charge in [-0.1, -0.05) is 5.92 Å². The van der Waals surface area contributed by atoms with Gasteiger partial charge in [-0.05, 0) is 33.3 Å². The molecule has 2 unspecified atom stereocenters. The molecule has 1 aliphatic heterocycles. The predicted octanol–water partition coefficient (Wildman–Crippen LogP) is 2.15. The van der Waals surface area contributed by atoms with Gasteiger partial charge in [0.25, 0.3) is 0 Å². The Kier molecular flexibility index (Phi) is 3.00. The van der Waals surface area contributed by atoms with Crippen LogP contribution in [0.2, 0.25) is 0 Å². The van der Waals surface area contributed by atoms with Crippen molar-refractivity contribution in [3.8, 4) is 11.8 Å². The molecular weight excluding hydrogens is 224 g/mol. The Hall–Kier alpha value is -2.02. The van der Waals surface area contributed by atoms with Gasteiger partial charge < -0.3 is 22.1 Å². The molecule has 0 amide bonds. The highest BCUT2D eigenvalue weighted by Gasteiger charge is 2.26. The molecule has 0 fully saturated rings. The Morgan fingerprint density at radius 2 is 1.56 bits per heavy atom. The maximum absolute atomic E-state index is 6.08. The molecule has 0 radical (unpaired) electrons. The highest BCUT2D eigenvalue weighted by Crippen LogP contribution is 2.42. The molecule has 1 heterocycles. The lowest BCUT2D eigenvalue weighted by molar-refractivity contribution is 0.662. The molecule has 0 saturated heterocycles. The largest absolute Gasteiger partial charge is 0.397 e. The second kappa shape index (κ2) is 4.34. The molecule has 1 aromatic rings. The smallest absolute Gasteiger partial charge is 0.0763 e. The molecule has 18 heavy (non-hydrogen) atoms. The topological polar surface area (TPSA) is 76.1 Å².